The van der Waals surface area contributed by atoms with Crippen molar-refractivity contribution < 1.29 is 23.1 Å². The summed E-state index contributed by atoms with van der Waals surface area (Å²) in [5.41, 5.74) is 3.07. The van der Waals surface area contributed by atoms with Gasteiger partial charge in [0.1, 0.15) is 0 Å². The summed E-state index contributed by atoms with van der Waals surface area (Å²) in [7, 11) is 0. The van der Waals surface area contributed by atoms with Crippen molar-refractivity contribution in [2.24, 2.45) is 0 Å². The van der Waals surface area contributed by atoms with Gasteiger partial charge in [-0.2, -0.15) is 13.2 Å². The van der Waals surface area contributed by atoms with Crippen LogP contribution >= 0.6 is 11.6 Å². The Morgan fingerprint density at radius 1 is 1.27 bits per heavy atom. The van der Waals surface area contributed by atoms with Gasteiger partial charge in [-0.25, -0.2) is 0 Å². The second-order valence-corrected chi connectivity index (χ2v) is 9.06. The van der Waals surface area contributed by atoms with Crippen molar-refractivity contribution >= 4 is 17.6 Å². The average molecular weight is 484 g/mol. The number of unbranched alkanes of at least 4 members (excludes halogenated alkanes) is 3. The van der Waals surface area contributed by atoms with Crippen molar-refractivity contribution in [1.82, 2.24) is 5.32 Å². The molecule has 1 aromatic carbocycles. The molecule has 2 N–H and O–H groups in total. The molecule has 0 saturated carbocycles. The Hall–Kier alpha value is -2.21. The zero-order chi connectivity index (χ0) is 24.4. The Bertz CT molecular complexity index is 890. The van der Waals surface area contributed by atoms with Crippen LogP contribution in [-0.4, -0.2) is 17.6 Å². The van der Waals surface area contributed by atoms with Gasteiger partial charge in [0.05, 0.1) is 17.0 Å². The van der Waals surface area contributed by atoms with Gasteiger partial charge in [0.25, 0.3) is 0 Å². The molecule has 0 radical (unpaired) electrons. The molecule has 0 bridgehead atoms. The van der Waals surface area contributed by atoms with Gasteiger partial charge in [-0.05, 0) is 68.2 Å². The average Bonchev–Trinajstić information content (AvgIpc) is 2.74. The van der Waals surface area contributed by atoms with E-state index in [-0.39, 0.29) is 11.4 Å². The van der Waals surface area contributed by atoms with Crippen LogP contribution in [-0.2, 0) is 11.0 Å². The fourth-order valence-corrected chi connectivity index (χ4v) is 4.30. The Labute approximate surface area is 199 Å². The first kappa shape index (κ1) is 27.0. The molecular formula is C26H33ClF3NO2. The first-order valence-electron chi connectivity index (χ1n) is 11.5. The zero-order valence-corrected chi connectivity index (χ0v) is 19.9. The summed E-state index contributed by atoms with van der Waals surface area (Å²) < 4.78 is 39.5. The van der Waals surface area contributed by atoms with E-state index in [4.69, 9.17) is 11.6 Å². The minimum Gasteiger partial charge on any atom is -0.481 e. The Morgan fingerprint density at radius 3 is 2.67 bits per heavy atom. The summed E-state index contributed by atoms with van der Waals surface area (Å²) in [4.78, 5) is 11.3. The Morgan fingerprint density at radius 2 is 2.00 bits per heavy atom. The molecule has 1 atom stereocenters. The first-order chi connectivity index (χ1) is 15.6. The SMILES string of the molecule is C=C(/C=C\C1=C(C)NCCC1)CCCCCC[C@@H](CC(=O)O)c1ccc(Cl)c(C(F)(F)F)c1. The van der Waals surface area contributed by atoms with E-state index < -0.39 is 23.6 Å². The molecule has 0 saturated heterocycles. The third-order valence-electron chi connectivity index (χ3n) is 6.00. The van der Waals surface area contributed by atoms with Crippen molar-refractivity contribution in [3.05, 3.63) is 69.9 Å². The zero-order valence-electron chi connectivity index (χ0n) is 19.1. The molecule has 1 aliphatic rings. The fourth-order valence-electron chi connectivity index (χ4n) is 4.07. The highest BCUT2D eigenvalue weighted by Gasteiger charge is 2.34. The first-order valence-corrected chi connectivity index (χ1v) is 11.8. The lowest BCUT2D eigenvalue weighted by molar-refractivity contribution is -0.138. The highest BCUT2D eigenvalue weighted by atomic mass is 35.5. The van der Waals surface area contributed by atoms with E-state index in [0.29, 0.717) is 12.0 Å². The third kappa shape index (κ3) is 9.28. The van der Waals surface area contributed by atoms with Gasteiger partial charge in [-0.1, -0.05) is 61.2 Å². The second-order valence-electron chi connectivity index (χ2n) is 8.66. The molecule has 0 amide bonds. The standard InChI is InChI=1S/C26H33ClF3NO2/c1-18(11-12-20-10-7-15-31-19(20)2)8-5-3-4-6-9-21(17-25(32)33)22-13-14-24(27)23(16-22)26(28,29)30/h11-14,16,21,31H,1,3-10,15,17H2,2H3,(H,32,33)/b12-11-/t21-/m0/s1. The number of hydrogen-bond donors (Lipinski definition) is 2. The molecule has 1 aliphatic heterocycles. The predicted octanol–water partition coefficient (Wildman–Crippen LogP) is 8.03. The lowest BCUT2D eigenvalue weighted by atomic mass is 9.89. The predicted molar refractivity (Wildman–Crippen MR) is 127 cm³/mol. The Balaban J connectivity index is 1.81. The highest BCUT2D eigenvalue weighted by molar-refractivity contribution is 6.31. The van der Waals surface area contributed by atoms with Crippen LogP contribution in [0.1, 0.15) is 81.8 Å². The molecule has 0 unspecified atom stereocenters. The van der Waals surface area contributed by atoms with Crippen LogP contribution in [0, 0.1) is 0 Å². The maximum absolute atomic E-state index is 13.2. The number of hydrogen-bond acceptors (Lipinski definition) is 2. The number of carboxylic acid groups (broad SMARTS) is 1. The molecule has 0 aromatic heterocycles. The Kier molecular flexibility index (Phi) is 10.6. The van der Waals surface area contributed by atoms with Crippen molar-refractivity contribution in [2.45, 2.75) is 76.8 Å². The van der Waals surface area contributed by atoms with Crippen molar-refractivity contribution in [3.8, 4) is 0 Å². The summed E-state index contributed by atoms with van der Waals surface area (Å²) >= 11 is 5.70. The normalized spacial score (nSPS) is 15.5. The maximum atomic E-state index is 13.2. The summed E-state index contributed by atoms with van der Waals surface area (Å²) in [5, 5.41) is 12.2. The minimum absolute atomic E-state index is 0.204. The molecule has 182 valence electrons. The van der Waals surface area contributed by atoms with Crippen LogP contribution in [0.5, 0.6) is 0 Å². The van der Waals surface area contributed by atoms with Crippen LogP contribution in [0.25, 0.3) is 0 Å². The maximum Gasteiger partial charge on any atom is 0.417 e. The molecular weight excluding hydrogens is 451 g/mol. The molecule has 33 heavy (non-hydrogen) atoms. The fraction of sp³-hybridized carbons (Fsp3) is 0.500. The van der Waals surface area contributed by atoms with Crippen LogP contribution in [0.15, 0.2) is 53.8 Å². The number of aliphatic carboxylic acids is 1. The molecule has 7 heteroatoms. The number of rotatable bonds is 12. The molecule has 3 nitrogen and oxygen atoms in total. The van der Waals surface area contributed by atoms with E-state index in [1.807, 2.05) is 0 Å². The summed E-state index contributed by atoms with van der Waals surface area (Å²) in [5.74, 6) is -1.50. The largest absolute Gasteiger partial charge is 0.481 e. The van der Waals surface area contributed by atoms with Crippen molar-refractivity contribution in [3.63, 3.8) is 0 Å². The van der Waals surface area contributed by atoms with Gasteiger partial charge in [0.2, 0.25) is 0 Å². The summed E-state index contributed by atoms with van der Waals surface area (Å²) in [6.07, 6.45) is 6.65. The number of halogens is 4. The molecule has 1 aromatic rings. The van der Waals surface area contributed by atoms with Gasteiger partial charge in [-0.15, -0.1) is 0 Å². The van der Waals surface area contributed by atoms with Crippen LogP contribution in [0.4, 0.5) is 13.2 Å². The number of nitrogens with one attached hydrogen (secondary N) is 1. The van der Waals surface area contributed by atoms with E-state index in [9.17, 15) is 23.1 Å². The molecule has 2 rings (SSSR count). The van der Waals surface area contributed by atoms with E-state index in [1.54, 1.807) is 0 Å². The number of alkyl halides is 3. The minimum atomic E-state index is -4.57. The number of allylic oxidation sites excluding steroid dienone is 5. The lowest BCUT2D eigenvalue weighted by Gasteiger charge is -2.18. The topological polar surface area (TPSA) is 49.3 Å². The summed E-state index contributed by atoms with van der Waals surface area (Å²) in [6.45, 7) is 7.24. The van der Waals surface area contributed by atoms with Crippen molar-refractivity contribution in [2.75, 3.05) is 6.54 Å². The number of benzene rings is 1. The molecule has 0 aliphatic carbocycles. The lowest BCUT2D eigenvalue weighted by Crippen LogP contribution is -2.19. The highest BCUT2D eigenvalue weighted by Crippen LogP contribution is 2.38. The second kappa shape index (κ2) is 12.9. The molecule has 0 fully saturated rings. The van der Waals surface area contributed by atoms with Gasteiger partial charge in [0.15, 0.2) is 0 Å². The van der Waals surface area contributed by atoms with E-state index >= 15 is 0 Å². The molecule has 1 heterocycles. The third-order valence-corrected chi connectivity index (χ3v) is 6.33. The quantitative estimate of drug-likeness (QED) is 0.233. The van der Waals surface area contributed by atoms with Crippen LogP contribution < -0.4 is 5.32 Å². The van der Waals surface area contributed by atoms with E-state index in [1.165, 1.54) is 23.4 Å². The van der Waals surface area contributed by atoms with Gasteiger partial charge in [0, 0.05) is 12.2 Å². The van der Waals surface area contributed by atoms with Crippen molar-refractivity contribution in [1.29, 1.82) is 0 Å². The smallest absolute Gasteiger partial charge is 0.417 e. The molecule has 0 spiro atoms. The number of carbonyl (C=O) groups is 1. The van der Waals surface area contributed by atoms with Gasteiger partial charge < -0.3 is 10.4 Å². The van der Waals surface area contributed by atoms with Gasteiger partial charge in [-0.3, -0.25) is 4.79 Å². The van der Waals surface area contributed by atoms with E-state index in [2.05, 4.69) is 31.0 Å². The van der Waals surface area contributed by atoms with Crippen LogP contribution in [0.2, 0.25) is 5.02 Å². The van der Waals surface area contributed by atoms with E-state index in [0.717, 1.165) is 63.1 Å². The van der Waals surface area contributed by atoms with Gasteiger partial charge >= 0.3 is 12.1 Å². The van der Waals surface area contributed by atoms with Crippen LogP contribution in [0.3, 0.4) is 0 Å². The number of carboxylic acids is 1. The monoisotopic (exact) mass is 483 g/mol. The summed E-state index contributed by atoms with van der Waals surface area (Å²) in [6, 6.07) is 3.69.